The molecule has 0 radical (unpaired) electrons. The molecule has 212 valence electrons. The quantitative estimate of drug-likeness (QED) is 0.318. The highest BCUT2D eigenvalue weighted by molar-refractivity contribution is 6.11. The van der Waals surface area contributed by atoms with Crippen molar-refractivity contribution in [3.05, 3.63) is 39.9 Å². The summed E-state index contributed by atoms with van der Waals surface area (Å²) in [6, 6.07) is 0.199. The number of likely N-dealkylation sites (N-methyl/N-ethyl adjacent to an activating group) is 2. The number of fused-ring (bicyclic) bond motifs is 3. The number of nitrogens with two attached hydrogens (primary N) is 1. The number of hydrogen-bond acceptors (Lipinski definition) is 9. The molecule has 0 spiro atoms. The van der Waals surface area contributed by atoms with Crippen LogP contribution in [0.3, 0.4) is 0 Å². The fourth-order valence-electron chi connectivity index (χ4n) is 6.29. The van der Waals surface area contributed by atoms with Gasteiger partial charge in [0.15, 0.2) is 11.5 Å². The number of benzene rings is 1. The van der Waals surface area contributed by atoms with Crippen LogP contribution in [0, 0.1) is 17.7 Å². The number of carbonyl (C=O) groups is 3. The maximum Gasteiger partial charge on any atom is 0.248 e. The highest BCUT2D eigenvalue weighted by Gasteiger charge is 2.61. The average molecular weight is 547 g/mol. The minimum Gasteiger partial charge on any atom is -0.510 e. The zero-order valence-electron chi connectivity index (χ0n) is 22.7. The van der Waals surface area contributed by atoms with E-state index in [0.29, 0.717) is 6.54 Å². The summed E-state index contributed by atoms with van der Waals surface area (Å²) in [4.78, 5) is 42.2. The fraction of sp³-hybridized carbons (Fsp3) is 0.519. The van der Waals surface area contributed by atoms with Crippen molar-refractivity contribution >= 4 is 29.0 Å². The summed E-state index contributed by atoms with van der Waals surface area (Å²) in [6.07, 6.45) is -0.119. The molecule has 0 bridgehead atoms. The molecule has 2 amide bonds. The molecule has 1 saturated carbocycles. The summed E-state index contributed by atoms with van der Waals surface area (Å²) in [5, 5.41) is 35.8. The van der Waals surface area contributed by atoms with Gasteiger partial charge in [-0.15, -0.1) is 0 Å². The molecule has 6 N–H and O–H groups in total. The number of phenols is 1. The van der Waals surface area contributed by atoms with Gasteiger partial charge in [0, 0.05) is 36.7 Å². The number of phenolic OH excluding ortho intramolecular Hbond substituents is 1. The number of ketones is 1. The van der Waals surface area contributed by atoms with Gasteiger partial charge in [-0.25, -0.2) is 4.39 Å². The second kappa shape index (κ2) is 10.2. The van der Waals surface area contributed by atoms with Gasteiger partial charge in [-0.2, -0.15) is 0 Å². The first kappa shape index (κ1) is 28.5. The second-order valence-corrected chi connectivity index (χ2v) is 10.7. The van der Waals surface area contributed by atoms with Crippen molar-refractivity contribution in [2.75, 3.05) is 46.7 Å². The lowest BCUT2D eigenvalue weighted by Crippen LogP contribution is -2.63. The summed E-state index contributed by atoms with van der Waals surface area (Å²) >= 11 is 0. The van der Waals surface area contributed by atoms with Gasteiger partial charge in [0.05, 0.1) is 29.4 Å². The van der Waals surface area contributed by atoms with E-state index in [-0.39, 0.29) is 59.5 Å². The van der Waals surface area contributed by atoms with Gasteiger partial charge < -0.3 is 31.1 Å². The molecular formula is C27H35FN4O7. The number of nitrogens with zero attached hydrogens (tertiary/aromatic N) is 2. The Kier molecular flexibility index (Phi) is 7.50. The van der Waals surface area contributed by atoms with Crippen molar-refractivity contribution in [3.8, 4) is 5.75 Å². The van der Waals surface area contributed by atoms with E-state index in [1.54, 1.807) is 30.9 Å². The number of anilines is 1. The van der Waals surface area contributed by atoms with Gasteiger partial charge in [-0.05, 0) is 46.4 Å². The number of nitrogens with one attached hydrogen (secondary N) is 1. The molecule has 1 aromatic rings. The number of amides is 2. The Morgan fingerprint density at radius 1 is 1.26 bits per heavy atom. The zero-order chi connectivity index (χ0) is 29.0. The van der Waals surface area contributed by atoms with Crippen LogP contribution in [0.5, 0.6) is 5.75 Å². The van der Waals surface area contributed by atoms with Crippen LogP contribution in [0.25, 0.3) is 5.76 Å². The lowest BCUT2D eigenvalue weighted by molar-refractivity contribution is -0.157. The van der Waals surface area contributed by atoms with E-state index in [1.165, 1.54) is 7.11 Å². The third kappa shape index (κ3) is 4.46. The number of aliphatic hydroxyl groups excluding tert-OH is 2. The molecule has 0 unspecified atom stereocenters. The van der Waals surface area contributed by atoms with Crippen molar-refractivity contribution in [1.82, 2.24) is 9.80 Å². The van der Waals surface area contributed by atoms with Crippen molar-refractivity contribution in [2.45, 2.75) is 37.8 Å². The van der Waals surface area contributed by atoms with Gasteiger partial charge in [0.1, 0.15) is 22.9 Å². The molecule has 1 fully saturated rings. The van der Waals surface area contributed by atoms with Crippen LogP contribution in [-0.2, 0) is 25.5 Å². The highest BCUT2D eigenvalue weighted by Crippen LogP contribution is 2.55. The van der Waals surface area contributed by atoms with Gasteiger partial charge in [0.2, 0.25) is 11.8 Å². The lowest BCUT2D eigenvalue weighted by Gasteiger charge is -2.52. The fourth-order valence-corrected chi connectivity index (χ4v) is 6.29. The Bertz CT molecular complexity index is 1310. The minimum atomic E-state index is -1.65. The summed E-state index contributed by atoms with van der Waals surface area (Å²) in [7, 11) is 6.40. The summed E-state index contributed by atoms with van der Waals surface area (Å²) in [6.45, 7) is 2.45. The van der Waals surface area contributed by atoms with Crippen molar-refractivity contribution < 1.29 is 38.8 Å². The molecule has 39 heavy (non-hydrogen) atoms. The standard InChI is InChI=1S/C27H35FN4O7/c1-6-32(4)11-18(33)30-17-9-16(28)13-7-12-8-15-21(31(2)3)22(34)14(26(29)38)10-27(15,39-5)25(37)19(12)24(36)20(13)23(17)35/h9,12,15,21,34-36H,6-8,10-11H2,1-5H3,(H2,29,38)(H,30,33)/t12-,15-,21-,27-/m0/s1. The van der Waals surface area contributed by atoms with Gasteiger partial charge in [0.25, 0.3) is 0 Å². The third-order valence-corrected chi connectivity index (χ3v) is 8.33. The number of rotatable bonds is 7. The molecule has 0 heterocycles. The first-order valence-corrected chi connectivity index (χ1v) is 12.7. The number of Topliss-reactive ketones (excluding diaryl/α,β-unsaturated/α-hetero) is 1. The van der Waals surface area contributed by atoms with E-state index in [9.17, 15) is 29.7 Å². The molecule has 12 heteroatoms. The number of carbonyl (C=O) groups excluding carboxylic acids is 3. The SMILES string of the molecule is CCN(C)CC(=O)Nc1cc(F)c2c(c1O)C(O)=C1C(=O)[C@]3(OC)CC(C(N)=O)=C(O)[C@@H](N(C)C)[C@@H]3C[C@@H]1C2. The van der Waals surface area contributed by atoms with E-state index in [0.717, 1.165) is 6.07 Å². The van der Waals surface area contributed by atoms with Crippen LogP contribution >= 0.6 is 0 Å². The number of halogens is 1. The average Bonchev–Trinajstić information content (AvgIpc) is 2.86. The van der Waals surface area contributed by atoms with Gasteiger partial charge in [-0.3, -0.25) is 24.2 Å². The number of hydrogen-bond donors (Lipinski definition) is 5. The molecular weight excluding hydrogens is 511 g/mol. The van der Waals surface area contributed by atoms with E-state index in [2.05, 4.69) is 5.32 Å². The molecule has 11 nitrogen and oxygen atoms in total. The first-order valence-electron chi connectivity index (χ1n) is 12.7. The second-order valence-electron chi connectivity index (χ2n) is 10.7. The minimum absolute atomic E-state index is 0.00434. The number of aliphatic hydroxyl groups is 2. The normalized spacial score (nSPS) is 26.5. The predicted octanol–water partition coefficient (Wildman–Crippen LogP) is 1.47. The Hall–Kier alpha value is -3.48. The highest BCUT2D eigenvalue weighted by atomic mass is 19.1. The third-order valence-electron chi connectivity index (χ3n) is 8.33. The molecule has 0 saturated heterocycles. The summed E-state index contributed by atoms with van der Waals surface area (Å²) in [5.41, 5.74) is 3.19. The molecule has 4 rings (SSSR count). The largest absolute Gasteiger partial charge is 0.510 e. The van der Waals surface area contributed by atoms with E-state index < -0.39 is 58.4 Å². The monoisotopic (exact) mass is 546 g/mol. The Morgan fingerprint density at radius 3 is 2.49 bits per heavy atom. The van der Waals surface area contributed by atoms with Crippen LogP contribution < -0.4 is 11.1 Å². The smallest absolute Gasteiger partial charge is 0.248 e. The van der Waals surface area contributed by atoms with E-state index >= 15 is 4.39 Å². The van der Waals surface area contributed by atoms with Crippen LogP contribution in [0.1, 0.15) is 30.9 Å². The molecule has 3 aliphatic rings. The van der Waals surface area contributed by atoms with Gasteiger partial charge in [-0.1, -0.05) is 6.92 Å². The Morgan fingerprint density at radius 2 is 1.92 bits per heavy atom. The maximum absolute atomic E-state index is 15.4. The number of primary amides is 1. The van der Waals surface area contributed by atoms with Crippen LogP contribution in [0.15, 0.2) is 23.0 Å². The van der Waals surface area contributed by atoms with E-state index in [4.69, 9.17) is 10.5 Å². The lowest BCUT2D eigenvalue weighted by atomic mass is 9.57. The summed E-state index contributed by atoms with van der Waals surface area (Å²) in [5.74, 6) is -5.50. The first-order chi connectivity index (χ1) is 18.3. The number of aromatic hydroxyl groups is 1. The molecule has 0 aliphatic heterocycles. The Balaban J connectivity index is 1.84. The molecule has 0 aromatic heterocycles. The summed E-state index contributed by atoms with van der Waals surface area (Å²) < 4.78 is 21.2. The maximum atomic E-state index is 15.4. The van der Waals surface area contributed by atoms with Gasteiger partial charge >= 0.3 is 0 Å². The van der Waals surface area contributed by atoms with Crippen molar-refractivity contribution in [3.63, 3.8) is 0 Å². The molecule has 1 aromatic carbocycles. The van der Waals surface area contributed by atoms with E-state index in [1.807, 2.05) is 6.92 Å². The number of methoxy groups -OCH3 is 1. The topological polar surface area (TPSA) is 166 Å². The zero-order valence-corrected chi connectivity index (χ0v) is 22.7. The molecule has 3 aliphatic carbocycles. The van der Waals surface area contributed by atoms with Crippen LogP contribution in [0.4, 0.5) is 10.1 Å². The molecule has 4 atom stereocenters. The van der Waals surface area contributed by atoms with Crippen LogP contribution in [0.2, 0.25) is 0 Å². The van der Waals surface area contributed by atoms with Crippen molar-refractivity contribution in [1.29, 1.82) is 0 Å². The van der Waals surface area contributed by atoms with Crippen LogP contribution in [-0.4, -0.2) is 95.7 Å². The van der Waals surface area contributed by atoms with Crippen molar-refractivity contribution in [2.24, 2.45) is 17.6 Å². The number of ether oxygens (including phenoxy) is 1. The Labute approximate surface area is 225 Å². The predicted molar refractivity (Wildman–Crippen MR) is 140 cm³/mol.